The van der Waals surface area contributed by atoms with Gasteiger partial charge in [0.15, 0.2) is 11.5 Å². The van der Waals surface area contributed by atoms with Crippen LogP contribution < -0.4 is 9.47 Å². The molecule has 2 aromatic rings. The quantitative estimate of drug-likeness (QED) is 0.281. The van der Waals surface area contributed by atoms with Crippen molar-refractivity contribution in [2.75, 3.05) is 41.4 Å². The van der Waals surface area contributed by atoms with Crippen molar-refractivity contribution in [3.05, 3.63) is 59.7 Å². The third-order valence-electron chi connectivity index (χ3n) is 4.97. The minimum atomic E-state index is -0.404. The molecule has 1 amide bonds. The van der Waals surface area contributed by atoms with Gasteiger partial charge in [-0.05, 0) is 74.3 Å². The van der Waals surface area contributed by atoms with Crippen LogP contribution >= 0.6 is 0 Å². The first-order valence-corrected chi connectivity index (χ1v) is 11.2. The van der Waals surface area contributed by atoms with Gasteiger partial charge in [-0.25, -0.2) is 9.59 Å². The SMILES string of the molecule is COc1cc(/C=C/C(=O)OCCCCCN(C)Cc2cccc(OC(=O)N(C)C)c2)ccc1O. The fourth-order valence-corrected chi connectivity index (χ4v) is 3.13. The van der Waals surface area contributed by atoms with Gasteiger partial charge in [0.05, 0.1) is 13.7 Å². The first-order chi connectivity index (χ1) is 16.3. The lowest BCUT2D eigenvalue weighted by molar-refractivity contribution is -0.137. The van der Waals surface area contributed by atoms with E-state index in [9.17, 15) is 14.7 Å². The third-order valence-corrected chi connectivity index (χ3v) is 4.97. The number of unbranched alkanes of at least 4 members (excludes halogenated alkanes) is 2. The Labute approximate surface area is 201 Å². The van der Waals surface area contributed by atoms with Crippen LogP contribution in [0.25, 0.3) is 6.08 Å². The van der Waals surface area contributed by atoms with Crippen LogP contribution in [0.3, 0.4) is 0 Å². The molecule has 0 aliphatic carbocycles. The molecular formula is C26H34N2O6. The highest BCUT2D eigenvalue weighted by atomic mass is 16.6. The average Bonchev–Trinajstić information content (AvgIpc) is 2.80. The molecule has 0 saturated carbocycles. The van der Waals surface area contributed by atoms with Crippen LogP contribution in [0.15, 0.2) is 48.5 Å². The summed E-state index contributed by atoms with van der Waals surface area (Å²) in [5.41, 5.74) is 1.80. The van der Waals surface area contributed by atoms with Crippen molar-refractivity contribution in [3.63, 3.8) is 0 Å². The molecule has 0 bridgehead atoms. The predicted octanol–water partition coefficient (Wildman–Crippen LogP) is 4.32. The summed E-state index contributed by atoms with van der Waals surface area (Å²) in [7, 11) is 6.81. The van der Waals surface area contributed by atoms with Gasteiger partial charge in [-0.15, -0.1) is 0 Å². The average molecular weight is 471 g/mol. The van der Waals surface area contributed by atoms with Crippen molar-refractivity contribution in [2.45, 2.75) is 25.8 Å². The van der Waals surface area contributed by atoms with E-state index >= 15 is 0 Å². The van der Waals surface area contributed by atoms with E-state index in [0.717, 1.165) is 43.5 Å². The number of ether oxygens (including phenoxy) is 3. The van der Waals surface area contributed by atoms with Gasteiger partial charge in [0.1, 0.15) is 5.75 Å². The number of aromatic hydroxyl groups is 1. The van der Waals surface area contributed by atoms with Crippen molar-refractivity contribution in [1.29, 1.82) is 0 Å². The van der Waals surface area contributed by atoms with E-state index in [1.54, 1.807) is 38.4 Å². The normalized spacial score (nSPS) is 11.0. The van der Waals surface area contributed by atoms with Gasteiger partial charge in [0.2, 0.25) is 0 Å². The minimum Gasteiger partial charge on any atom is -0.504 e. The van der Waals surface area contributed by atoms with E-state index in [2.05, 4.69) is 4.90 Å². The largest absolute Gasteiger partial charge is 0.504 e. The molecule has 0 atom stereocenters. The molecule has 0 spiro atoms. The molecule has 2 rings (SSSR count). The zero-order valence-electron chi connectivity index (χ0n) is 20.3. The number of rotatable bonds is 12. The van der Waals surface area contributed by atoms with Crippen LogP contribution in [0, 0.1) is 0 Å². The van der Waals surface area contributed by atoms with Crippen LogP contribution in [-0.4, -0.2) is 68.4 Å². The maximum atomic E-state index is 11.9. The second-order valence-electron chi connectivity index (χ2n) is 8.14. The van der Waals surface area contributed by atoms with Gasteiger partial charge < -0.3 is 29.1 Å². The summed E-state index contributed by atoms with van der Waals surface area (Å²) >= 11 is 0. The minimum absolute atomic E-state index is 0.0481. The van der Waals surface area contributed by atoms with Crippen molar-refractivity contribution in [2.24, 2.45) is 0 Å². The van der Waals surface area contributed by atoms with E-state index in [1.165, 1.54) is 24.2 Å². The Morgan fingerprint density at radius 1 is 1.03 bits per heavy atom. The molecule has 1 N–H and O–H groups in total. The highest BCUT2D eigenvalue weighted by Gasteiger charge is 2.08. The molecular weight excluding hydrogens is 436 g/mol. The third kappa shape index (κ3) is 9.54. The van der Waals surface area contributed by atoms with Gasteiger partial charge in [-0.1, -0.05) is 18.2 Å². The Balaban J connectivity index is 1.63. The van der Waals surface area contributed by atoms with Crippen molar-refractivity contribution in [1.82, 2.24) is 9.80 Å². The Hall–Kier alpha value is -3.52. The van der Waals surface area contributed by atoms with Crippen LogP contribution in [0.4, 0.5) is 4.79 Å². The number of methoxy groups -OCH3 is 1. The fourth-order valence-electron chi connectivity index (χ4n) is 3.13. The summed E-state index contributed by atoms with van der Waals surface area (Å²) in [6.45, 7) is 2.01. The number of phenols is 1. The molecule has 2 aromatic carbocycles. The zero-order chi connectivity index (χ0) is 24.9. The number of hydrogen-bond acceptors (Lipinski definition) is 7. The standard InChI is InChI=1S/C26H34N2O6/c1-27(2)26(31)34-22-10-8-9-21(17-22)19-28(3)15-6-5-7-16-33-25(30)14-12-20-11-13-23(29)24(18-20)32-4/h8-14,17-18,29H,5-7,15-16,19H2,1-4H3/b14-12+. The summed E-state index contributed by atoms with van der Waals surface area (Å²) < 4.78 is 15.6. The number of benzene rings is 2. The van der Waals surface area contributed by atoms with E-state index < -0.39 is 12.1 Å². The number of carbonyl (C=O) groups is 2. The number of carbonyl (C=O) groups excluding carboxylic acids is 2. The molecule has 0 heterocycles. The van der Waals surface area contributed by atoms with E-state index in [1.807, 2.05) is 25.2 Å². The summed E-state index contributed by atoms with van der Waals surface area (Å²) in [5, 5.41) is 9.60. The monoisotopic (exact) mass is 470 g/mol. The number of hydrogen-bond donors (Lipinski definition) is 1. The lowest BCUT2D eigenvalue weighted by Gasteiger charge is -2.17. The summed E-state index contributed by atoms with van der Waals surface area (Å²) in [4.78, 5) is 27.2. The lowest BCUT2D eigenvalue weighted by atomic mass is 10.2. The maximum absolute atomic E-state index is 11.9. The highest BCUT2D eigenvalue weighted by molar-refractivity contribution is 5.87. The van der Waals surface area contributed by atoms with Crippen LogP contribution in [0.2, 0.25) is 0 Å². The summed E-state index contributed by atoms with van der Waals surface area (Å²) in [6.07, 6.45) is 5.29. The summed E-state index contributed by atoms with van der Waals surface area (Å²) in [5.74, 6) is 0.525. The second-order valence-corrected chi connectivity index (χ2v) is 8.14. The Bertz CT molecular complexity index is 974. The lowest BCUT2D eigenvalue weighted by Crippen LogP contribution is -2.25. The molecule has 0 saturated heterocycles. The molecule has 0 aromatic heterocycles. The molecule has 0 fully saturated rings. The highest BCUT2D eigenvalue weighted by Crippen LogP contribution is 2.26. The second kappa shape index (κ2) is 13.9. The van der Waals surface area contributed by atoms with E-state index in [4.69, 9.17) is 14.2 Å². The first kappa shape index (κ1) is 26.7. The smallest absolute Gasteiger partial charge is 0.414 e. The molecule has 0 aliphatic rings. The van der Waals surface area contributed by atoms with Gasteiger partial charge in [-0.2, -0.15) is 0 Å². The number of phenolic OH excluding ortho intramolecular Hbond substituents is 1. The van der Waals surface area contributed by atoms with Crippen molar-refractivity contribution in [3.8, 4) is 17.2 Å². The van der Waals surface area contributed by atoms with Crippen LogP contribution in [-0.2, 0) is 16.1 Å². The first-order valence-electron chi connectivity index (χ1n) is 11.2. The Morgan fingerprint density at radius 3 is 2.56 bits per heavy atom. The Morgan fingerprint density at radius 2 is 1.82 bits per heavy atom. The number of amides is 1. The molecule has 0 aliphatic heterocycles. The van der Waals surface area contributed by atoms with Crippen molar-refractivity contribution < 1.29 is 28.9 Å². The fraction of sp³-hybridized carbons (Fsp3) is 0.385. The molecule has 0 unspecified atom stereocenters. The van der Waals surface area contributed by atoms with Crippen molar-refractivity contribution >= 4 is 18.1 Å². The van der Waals surface area contributed by atoms with Gasteiger partial charge in [0, 0.05) is 26.7 Å². The molecule has 0 radical (unpaired) electrons. The topological polar surface area (TPSA) is 88.5 Å². The molecule has 8 heteroatoms. The molecule has 8 nitrogen and oxygen atoms in total. The zero-order valence-corrected chi connectivity index (χ0v) is 20.3. The molecule has 184 valence electrons. The van der Waals surface area contributed by atoms with Crippen LogP contribution in [0.5, 0.6) is 17.2 Å². The predicted molar refractivity (Wildman–Crippen MR) is 131 cm³/mol. The van der Waals surface area contributed by atoms with Crippen LogP contribution in [0.1, 0.15) is 30.4 Å². The van der Waals surface area contributed by atoms with E-state index in [-0.39, 0.29) is 5.75 Å². The maximum Gasteiger partial charge on any atom is 0.414 e. The van der Waals surface area contributed by atoms with E-state index in [0.29, 0.717) is 18.1 Å². The van der Waals surface area contributed by atoms with Gasteiger partial charge in [-0.3, -0.25) is 0 Å². The van der Waals surface area contributed by atoms with Gasteiger partial charge >= 0.3 is 12.1 Å². The number of esters is 1. The number of nitrogens with zero attached hydrogens (tertiary/aromatic N) is 2. The Kier molecular flexibility index (Phi) is 10.9. The van der Waals surface area contributed by atoms with Gasteiger partial charge in [0.25, 0.3) is 0 Å². The summed E-state index contributed by atoms with van der Waals surface area (Å²) in [6, 6.07) is 12.4. The molecule has 34 heavy (non-hydrogen) atoms.